The molecule has 0 aliphatic carbocycles. The number of hydrogen-bond acceptors (Lipinski definition) is 5. The van der Waals surface area contributed by atoms with Crippen molar-refractivity contribution in [2.75, 3.05) is 26.2 Å². The molecule has 0 bridgehead atoms. The number of rotatable bonds is 4. The van der Waals surface area contributed by atoms with Crippen molar-refractivity contribution >= 4 is 26.1 Å². The molecular formula is C18H18F3N3O5S2. The van der Waals surface area contributed by atoms with Crippen LogP contribution < -0.4 is 4.72 Å². The predicted octanol–water partition coefficient (Wildman–Crippen LogP) is 2.11. The highest BCUT2D eigenvalue weighted by Gasteiger charge is 2.33. The van der Waals surface area contributed by atoms with Crippen LogP contribution in [0.1, 0.15) is 5.56 Å². The molecule has 1 aliphatic rings. The van der Waals surface area contributed by atoms with Crippen molar-refractivity contribution < 1.29 is 34.8 Å². The Hall–Kier alpha value is -2.64. The Morgan fingerprint density at radius 3 is 1.87 bits per heavy atom. The molecule has 0 unspecified atom stereocenters. The van der Waals surface area contributed by atoms with Gasteiger partial charge in [0.05, 0.1) is 15.4 Å². The lowest BCUT2D eigenvalue weighted by atomic mass is 10.2. The van der Waals surface area contributed by atoms with E-state index in [1.54, 1.807) is 6.07 Å². The Kier molecular flexibility index (Phi) is 6.30. The molecule has 0 aromatic heterocycles. The molecule has 0 atom stereocenters. The zero-order chi connectivity index (χ0) is 22.9. The Bertz CT molecular complexity index is 1140. The molecule has 168 valence electrons. The summed E-state index contributed by atoms with van der Waals surface area (Å²) in [5.74, 6) is 0. The van der Waals surface area contributed by atoms with Crippen LogP contribution in [0, 0.1) is 0 Å². The maximum atomic E-state index is 12.7. The molecule has 1 heterocycles. The molecule has 2 aromatic carbocycles. The van der Waals surface area contributed by atoms with E-state index in [0.29, 0.717) is 12.1 Å². The number of nitrogens with zero attached hydrogens (tertiary/aromatic N) is 2. The predicted molar refractivity (Wildman–Crippen MR) is 104 cm³/mol. The molecule has 31 heavy (non-hydrogen) atoms. The summed E-state index contributed by atoms with van der Waals surface area (Å²) in [6.07, 6.45) is -4.58. The molecule has 1 fully saturated rings. The first-order valence-electron chi connectivity index (χ1n) is 8.95. The SMILES string of the molecule is O=C(NS(=O)(=O)c1ccccc1)N1CCN(S(=O)(=O)c2ccc(C(F)(F)F)cc2)CC1. The van der Waals surface area contributed by atoms with E-state index in [9.17, 15) is 34.8 Å². The van der Waals surface area contributed by atoms with Crippen molar-refractivity contribution in [3.8, 4) is 0 Å². The highest BCUT2D eigenvalue weighted by Crippen LogP contribution is 2.30. The van der Waals surface area contributed by atoms with Gasteiger partial charge >= 0.3 is 12.2 Å². The van der Waals surface area contributed by atoms with Gasteiger partial charge in [0.2, 0.25) is 10.0 Å². The lowest BCUT2D eigenvalue weighted by Gasteiger charge is -2.33. The zero-order valence-corrected chi connectivity index (χ0v) is 17.5. The summed E-state index contributed by atoms with van der Waals surface area (Å²) in [6, 6.07) is 9.51. The molecule has 0 radical (unpaired) electrons. The Morgan fingerprint density at radius 2 is 1.35 bits per heavy atom. The first kappa shape index (κ1) is 23.0. The fourth-order valence-electron chi connectivity index (χ4n) is 2.93. The van der Waals surface area contributed by atoms with E-state index < -0.39 is 37.8 Å². The third kappa shape index (κ3) is 5.17. The van der Waals surface area contributed by atoms with E-state index in [1.165, 1.54) is 24.3 Å². The summed E-state index contributed by atoms with van der Waals surface area (Å²) in [5.41, 5.74) is -0.965. The number of urea groups is 1. The lowest BCUT2D eigenvalue weighted by Crippen LogP contribution is -2.53. The third-order valence-electron chi connectivity index (χ3n) is 4.62. The lowest BCUT2D eigenvalue weighted by molar-refractivity contribution is -0.137. The number of hydrogen-bond donors (Lipinski definition) is 1. The minimum Gasteiger partial charge on any atom is -0.321 e. The van der Waals surface area contributed by atoms with Gasteiger partial charge in [0, 0.05) is 26.2 Å². The standard InChI is InChI=1S/C18H18F3N3O5S2/c19-18(20,21)14-6-8-16(9-7-14)31(28,29)24-12-10-23(11-13-24)17(25)22-30(26,27)15-4-2-1-3-5-15/h1-9H,10-13H2,(H,22,25). The average molecular weight is 477 g/mol. The first-order chi connectivity index (χ1) is 14.4. The number of amides is 2. The van der Waals surface area contributed by atoms with Crippen molar-refractivity contribution in [2.45, 2.75) is 16.0 Å². The Balaban J connectivity index is 1.64. The van der Waals surface area contributed by atoms with Crippen LogP contribution in [0.25, 0.3) is 0 Å². The monoisotopic (exact) mass is 477 g/mol. The molecule has 1 N–H and O–H groups in total. The molecule has 2 amide bonds. The minimum absolute atomic E-state index is 0.0873. The first-order valence-corrected chi connectivity index (χ1v) is 11.9. The average Bonchev–Trinajstić information content (AvgIpc) is 2.73. The normalized spacial score (nSPS) is 16.2. The number of nitrogens with one attached hydrogen (secondary N) is 1. The van der Waals surface area contributed by atoms with Crippen molar-refractivity contribution in [3.63, 3.8) is 0 Å². The molecule has 1 aliphatic heterocycles. The van der Waals surface area contributed by atoms with Gasteiger partial charge in [-0.3, -0.25) is 0 Å². The van der Waals surface area contributed by atoms with Crippen LogP contribution in [0.4, 0.5) is 18.0 Å². The summed E-state index contributed by atoms with van der Waals surface area (Å²) < 4.78 is 90.8. The molecule has 0 saturated carbocycles. The Morgan fingerprint density at radius 1 is 0.806 bits per heavy atom. The summed E-state index contributed by atoms with van der Waals surface area (Å²) in [5, 5.41) is 0. The molecule has 8 nitrogen and oxygen atoms in total. The molecular weight excluding hydrogens is 459 g/mol. The van der Waals surface area contributed by atoms with E-state index in [1.807, 2.05) is 4.72 Å². The highest BCUT2D eigenvalue weighted by atomic mass is 32.2. The number of carbonyl (C=O) groups is 1. The van der Waals surface area contributed by atoms with Gasteiger partial charge in [0.25, 0.3) is 10.0 Å². The van der Waals surface area contributed by atoms with Crippen molar-refractivity contribution in [1.82, 2.24) is 13.9 Å². The fraction of sp³-hybridized carbons (Fsp3) is 0.278. The van der Waals surface area contributed by atoms with Crippen LogP contribution in [0.2, 0.25) is 0 Å². The van der Waals surface area contributed by atoms with Gasteiger partial charge in [0.1, 0.15) is 0 Å². The molecule has 1 saturated heterocycles. The molecule has 13 heteroatoms. The summed E-state index contributed by atoms with van der Waals surface area (Å²) in [6.45, 7) is -0.448. The number of sulfonamides is 2. The van der Waals surface area contributed by atoms with E-state index in [0.717, 1.165) is 21.3 Å². The maximum Gasteiger partial charge on any atom is 0.416 e. The van der Waals surface area contributed by atoms with E-state index in [-0.39, 0.29) is 36.0 Å². The van der Waals surface area contributed by atoms with Gasteiger partial charge in [-0.05, 0) is 36.4 Å². The van der Waals surface area contributed by atoms with E-state index >= 15 is 0 Å². The van der Waals surface area contributed by atoms with Gasteiger partial charge in [0.15, 0.2) is 0 Å². The number of benzene rings is 2. The second-order valence-corrected chi connectivity index (χ2v) is 10.3. The van der Waals surface area contributed by atoms with Gasteiger partial charge < -0.3 is 4.90 Å². The quantitative estimate of drug-likeness (QED) is 0.727. The number of halogens is 3. The van der Waals surface area contributed by atoms with Crippen LogP contribution in [-0.4, -0.2) is 58.3 Å². The Labute approximate surface area is 177 Å². The van der Waals surface area contributed by atoms with Crippen LogP contribution in [0.3, 0.4) is 0 Å². The van der Waals surface area contributed by atoms with Crippen LogP contribution >= 0.6 is 0 Å². The van der Waals surface area contributed by atoms with Crippen LogP contribution in [0.15, 0.2) is 64.4 Å². The third-order valence-corrected chi connectivity index (χ3v) is 7.87. The van der Waals surface area contributed by atoms with Crippen LogP contribution in [-0.2, 0) is 26.2 Å². The second-order valence-electron chi connectivity index (χ2n) is 6.64. The van der Waals surface area contributed by atoms with Gasteiger partial charge in [-0.15, -0.1) is 0 Å². The van der Waals surface area contributed by atoms with Crippen molar-refractivity contribution in [3.05, 3.63) is 60.2 Å². The summed E-state index contributed by atoms with van der Waals surface area (Å²) in [7, 11) is -8.14. The summed E-state index contributed by atoms with van der Waals surface area (Å²) in [4.78, 5) is 13.1. The summed E-state index contributed by atoms with van der Waals surface area (Å²) >= 11 is 0. The van der Waals surface area contributed by atoms with Gasteiger partial charge in [-0.2, -0.15) is 17.5 Å². The number of alkyl halides is 3. The van der Waals surface area contributed by atoms with Crippen LogP contribution in [0.5, 0.6) is 0 Å². The minimum atomic E-state index is -4.58. The largest absolute Gasteiger partial charge is 0.416 e. The number of piperazine rings is 1. The van der Waals surface area contributed by atoms with E-state index in [2.05, 4.69) is 0 Å². The van der Waals surface area contributed by atoms with E-state index in [4.69, 9.17) is 0 Å². The molecule has 3 rings (SSSR count). The van der Waals surface area contributed by atoms with Gasteiger partial charge in [-0.25, -0.2) is 26.4 Å². The maximum absolute atomic E-state index is 12.7. The fourth-order valence-corrected chi connectivity index (χ4v) is 5.35. The van der Waals surface area contributed by atoms with Crippen molar-refractivity contribution in [1.29, 1.82) is 0 Å². The molecule has 2 aromatic rings. The second kappa shape index (κ2) is 8.48. The van der Waals surface area contributed by atoms with Gasteiger partial charge in [-0.1, -0.05) is 18.2 Å². The zero-order valence-electron chi connectivity index (χ0n) is 15.9. The van der Waals surface area contributed by atoms with Crippen molar-refractivity contribution in [2.24, 2.45) is 0 Å². The number of carbonyl (C=O) groups excluding carboxylic acids is 1. The smallest absolute Gasteiger partial charge is 0.321 e. The topological polar surface area (TPSA) is 104 Å². The molecule has 0 spiro atoms. The highest BCUT2D eigenvalue weighted by molar-refractivity contribution is 7.90.